The second-order valence-electron chi connectivity index (χ2n) is 3.68. The molecule has 0 aliphatic heterocycles. The lowest BCUT2D eigenvalue weighted by molar-refractivity contribution is -0.137. The lowest BCUT2D eigenvalue weighted by Crippen LogP contribution is -2.07. The van der Waals surface area contributed by atoms with E-state index in [2.05, 4.69) is 12.2 Å². The van der Waals surface area contributed by atoms with Crippen molar-refractivity contribution in [1.29, 1.82) is 0 Å². The number of hydrogen-bond acceptors (Lipinski definition) is 2. The first-order valence-electron chi connectivity index (χ1n) is 5.89. The van der Waals surface area contributed by atoms with Crippen LogP contribution in [0.1, 0.15) is 32.6 Å². The summed E-state index contributed by atoms with van der Waals surface area (Å²) in [5.74, 6) is -0.755. The molecule has 0 amide bonds. The van der Waals surface area contributed by atoms with Crippen molar-refractivity contribution in [2.24, 2.45) is 0 Å². The monoisotopic (exact) mass is 238 g/mol. The highest BCUT2D eigenvalue weighted by Gasteiger charge is 2.03. The fraction of sp³-hybridized carbons (Fsp3) is 0.500. The molecule has 0 aromatic heterocycles. The number of carboxylic acids is 1. The number of rotatable bonds is 9. The van der Waals surface area contributed by atoms with Crippen LogP contribution in [0.3, 0.4) is 0 Å². The number of aliphatic carboxylic acids is 1. The molecule has 0 saturated carbocycles. The molecule has 17 heavy (non-hydrogen) atoms. The van der Waals surface area contributed by atoms with Gasteiger partial charge in [-0.05, 0) is 26.2 Å². The molecule has 0 saturated heterocycles. The normalized spacial score (nSPS) is 14.0. The van der Waals surface area contributed by atoms with Crippen LogP contribution >= 0.6 is 0 Å². The molecule has 0 aromatic rings. The molecule has 3 nitrogen and oxygen atoms in total. The van der Waals surface area contributed by atoms with E-state index in [1.807, 2.05) is 31.2 Å². The Morgan fingerprint density at radius 2 is 2.12 bits per heavy atom. The summed E-state index contributed by atoms with van der Waals surface area (Å²) in [6, 6.07) is 0. The topological polar surface area (TPSA) is 46.5 Å². The van der Waals surface area contributed by atoms with Crippen molar-refractivity contribution in [3.63, 3.8) is 0 Å². The van der Waals surface area contributed by atoms with Crippen molar-refractivity contribution < 1.29 is 14.6 Å². The summed E-state index contributed by atoms with van der Waals surface area (Å²) in [5, 5.41) is 8.52. The highest BCUT2D eigenvalue weighted by Crippen LogP contribution is 2.06. The first-order chi connectivity index (χ1) is 8.20. The van der Waals surface area contributed by atoms with Crippen molar-refractivity contribution in [2.75, 3.05) is 7.11 Å². The molecule has 0 rings (SSSR count). The highest BCUT2D eigenvalue weighted by atomic mass is 16.5. The summed E-state index contributed by atoms with van der Waals surface area (Å²) in [5.41, 5.74) is 0. The van der Waals surface area contributed by atoms with E-state index in [4.69, 9.17) is 9.84 Å². The summed E-state index contributed by atoms with van der Waals surface area (Å²) < 4.78 is 5.23. The van der Waals surface area contributed by atoms with E-state index >= 15 is 0 Å². The van der Waals surface area contributed by atoms with Crippen LogP contribution in [0.4, 0.5) is 0 Å². The smallest absolute Gasteiger partial charge is 0.303 e. The quantitative estimate of drug-likeness (QED) is 0.495. The van der Waals surface area contributed by atoms with Crippen LogP contribution in [0.25, 0.3) is 0 Å². The number of methoxy groups -OCH3 is 1. The minimum Gasteiger partial charge on any atom is -0.481 e. The molecule has 0 radical (unpaired) electrons. The Morgan fingerprint density at radius 3 is 2.71 bits per heavy atom. The molecule has 0 aliphatic rings. The van der Waals surface area contributed by atoms with Crippen LogP contribution in [0, 0.1) is 0 Å². The largest absolute Gasteiger partial charge is 0.481 e. The number of carbonyl (C=O) groups is 1. The number of allylic oxidation sites excluding steroid dienone is 5. The molecule has 96 valence electrons. The zero-order valence-electron chi connectivity index (χ0n) is 10.6. The van der Waals surface area contributed by atoms with Crippen molar-refractivity contribution in [3.8, 4) is 0 Å². The maximum atomic E-state index is 10.4. The van der Waals surface area contributed by atoms with E-state index in [0.717, 1.165) is 12.8 Å². The zero-order chi connectivity index (χ0) is 12.9. The Kier molecular flexibility index (Phi) is 10.3. The van der Waals surface area contributed by atoms with Crippen LogP contribution in [0.15, 0.2) is 36.5 Å². The van der Waals surface area contributed by atoms with Crippen LogP contribution in [-0.4, -0.2) is 24.3 Å². The summed E-state index contributed by atoms with van der Waals surface area (Å²) in [4.78, 5) is 10.4. The Labute approximate surface area is 103 Å². The van der Waals surface area contributed by atoms with Crippen molar-refractivity contribution in [2.45, 2.75) is 38.7 Å². The minimum absolute atomic E-state index is 0.000664. The second-order valence-corrected chi connectivity index (χ2v) is 3.68. The van der Waals surface area contributed by atoms with E-state index in [1.54, 1.807) is 7.11 Å². The molecule has 0 heterocycles. The van der Waals surface area contributed by atoms with Crippen molar-refractivity contribution >= 4 is 5.97 Å². The molecular formula is C14H22O3. The number of hydrogen-bond donors (Lipinski definition) is 1. The lowest BCUT2D eigenvalue weighted by atomic mass is 10.1. The van der Waals surface area contributed by atoms with Gasteiger partial charge in [0.2, 0.25) is 0 Å². The lowest BCUT2D eigenvalue weighted by Gasteiger charge is -2.08. The molecule has 0 spiro atoms. The minimum atomic E-state index is -0.755. The fourth-order valence-electron chi connectivity index (χ4n) is 1.31. The predicted octanol–water partition coefficient (Wildman–Crippen LogP) is 3.33. The summed E-state index contributed by atoms with van der Waals surface area (Å²) in [6.45, 7) is 1.99. The summed E-state index contributed by atoms with van der Waals surface area (Å²) in [7, 11) is 1.64. The van der Waals surface area contributed by atoms with Gasteiger partial charge in [-0.25, -0.2) is 0 Å². The van der Waals surface area contributed by atoms with E-state index in [9.17, 15) is 4.79 Å². The Hall–Kier alpha value is -1.35. The molecule has 1 unspecified atom stereocenters. The van der Waals surface area contributed by atoms with Crippen LogP contribution in [-0.2, 0) is 9.53 Å². The van der Waals surface area contributed by atoms with Gasteiger partial charge < -0.3 is 9.84 Å². The Morgan fingerprint density at radius 1 is 1.35 bits per heavy atom. The van der Waals surface area contributed by atoms with Gasteiger partial charge in [0.1, 0.15) is 0 Å². The highest BCUT2D eigenvalue weighted by molar-refractivity contribution is 5.66. The van der Waals surface area contributed by atoms with Gasteiger partial charge in [-0.2, -0.15) is 0 Å². The van der Waals surface area contributed by atoms with E-state index < -0.39 is 5.97 Å². The molecule has 0 aromatic carbocycles. The standard InChI is InChI=1S/C14H22O3/c1-3-4-5-6-7-8-10-13(17-2)11-9-12-14(15)16/h3-4,6-8,10,13H,5,9,11-12H2,1-2H3,(H,15,16). The van der Waals surface area contributed by atoms with Gasteiger partial charge in [-0.3, -0.25) is 4.79 Å². The summed E-state index contributed by atoms with van der Waals surface area (Å²) in [6.07, 6.45) is 14.5. The molecule has 1 N–H and O–H groups in total. The molecule has 0 fully saturated rings. The van der Waals surface area contributed by atoms with Gasteiger partial charge in [-0.15, -0.1) is 0 Å². The summed E-state index contributed by atoms with van der Waals surface area (Å²) >= 11 is 0. The third-order valence-corrected chi connectivity index (χ3v) is 2.26. The van der Waals surface area contributed by atoms with Gasteiger partial charge in [0.25, 0.3) is 0 Å². The van der Waals surface area contributed by atoms with Gasteiger partial charge in [0, 0.05) is 13.5 Å². The molecule has 0 bridgehead atoms. The van der Waals surface area contributed by atoms with Crippen LogP contribution in [0.5, 0.6) is 0 Å². The van der Waals surface area contributed by atoms with Crippen LogP contribution in [0.2, 0.25) is 0 Å². The van der Waals surface area contributed by atoms with Crippen molar-refractivity contribution in [1.82, 2.24) is 0 Å². The first kappa shape index (κ1) is 15.7. The maximum Gasteiger partial charge on any atom is 0.303 e. The van der Waals surface area contributed by atoms with Crippen molar-refractivity contribution in [3.05, 3.63) is 36.5 Å². The fourth-order valence-corrected chi connectivity index (χ4v) is 1.31. The van der Waals surface area contributed by atoms with E-state index in [1.165, 1.54) is 0 Å². The van der Waals surface area contributed by atoms with E-state index in [-0.39, 0.29) is 12.5 Å². The molecule has 3 heteroatoms. The first-order valence-corrected chi connectivity index (χ1v) is 5.89. The van der Waals surface area contributed by atoms with Gasteiger partial charge in [0.05, 0.1) is 6.10 Å². The Bertz CT molecular complexity index is 277. The SMILES string of the molecule is CC=CCC=CC=CC(CCCC(=O)O)OC. The second kappa shape index (κ2) is 11.1. The van der Waals surface area contributed by atoms with Gasteiger partial charge in [-0.1, -0.05) is 36.5 Å². The molecule has 1 atom stereocenters. The molecule has 0 aliphatic carbocycles. The third kappa shape index (κ3) is 10.9. The third-order valence-electron chi connectivity index (χ3n) is 2.26. The number of ether oxygens (including phenoxy) is 1. The Balaban J connectivity index is 3.82. The van der Waals surface area contributed by atoms with E-state index in [0.29, 0.717) is 6.42 Å². The predicted molar refractivity (Wildman–Crippen MR) is 70.0 cm³/mol. The van der Waals surface area contributed by atoms with Gasteiger partial charge in [0.15, 0.2) is 0 Å². The average molecular weight is 238 g/mol. The molecular weight excluding hydrogens is 216 g/mol. The van der Waals surface area contributed by atoms with Gasteiger partial charge >= 0.3 is 5.97 Å². The number of carboxylic acid groups (broad SMARTS) is 1. The zero-order valence-corrected chi connectivity index (χ0v) is 10.6. The average Bonchev–Trinajstić information content (AvgIpc) is 2.30. The maximum absolute atomic E-state index is 10.4. The van der Waals surface area contributed by atoms with Crippen LogP contribution < -0.4 is 0 Å².